The number of benzene rings is 2. The maximum atomic E-state index is 13.6. The van der Waals surface area contributed by atoms with Crippen LogP contribution < -0.4 is 5.43 Å². The molecule has 0 unspecified atom stereocenters. The summed E-state index contributed by atoms with van der Waals surface area (Å²) in [6.45, 7) is 2.27. The van der Waals surface area contributed by atoms with Crippen molar-refractivity contribution in [3.8, 4) is 0 Å². The minimum atomic E-state index is -0.733. The van der Waals surface area contributed by atoms with Crippen molar-refractivity contribution < 1.29 is 8.78 Å². The number of anilines is 1. The highest BCUT2D eigenvalue weighted by atomic mass is 35.5. The molecule has 0 spiro atoms. The highest BCUT2D eigenvalue weighted by Crippen LogP contribution is 2.20. The highest BCUT2D eigenvalue weighted by Gasteiger charge is 2.12. The van der Waals surface area contributed by atoms with Crippen LogP contribution in [-0.2, 0) is 6.54 Å². The average molecular weight is 395 g/mol. The van der Waals surface area contributed by atoms with Gasteiger partial charge in [0.15, 0.2) is 5.82 Å². The lowest BCUT2D eigenvalue weighted by Crippen LogP contribution is -2.02. The van der Waals surface area contributed by atoms with Crippen molar-refractivity contribution >= 4 is 35.1 Å². The Morgan fingerprint density at radius 3 is 2.58 bits per heavy atom. The molecule has 8 heteroatoms. The summed E-state index contributed by atoms with van der Waals surface area (Å²) in [5.74, 6) is -1.39. The van der Waals surface area contributed by atoms with E-state index in [1.54, 1.807) is 23.7 Å². The van der Waals surface area contributed by atoms with Crippen molar-refractivity contribution in [3.05, 3.63) is 81.1 Å². The van der Waals surface area contributed by atoms with Crippen molar-refractivity contribution in [1.29, 1.82) is 0 Å². The third-order valence-corrected chi connectivity index (χ3v) is 4.32. The molecule has 0 saturated heterocycles. The van der Waals surface area contributed by atoms with Gasteiger partial charge in [0.1, 0.15) is 11.0 Å². The molecule has 2 aromatic carbocycles. The molecule has 0 atom stereocenters. The first-order chi connectivity index (χ1) is 12.4. The van der Waals surface area contributed by atoms with Crippen LogP contribution in [0.5, 0.6) is 0 Å². The van der Waals surface area contributed by atoms with E-state index < -0.39 is 11.6 Å². The van der Waals surface area contributed by atoms with Crippen LogP contribution >= 0.6 is 23.2 Å². The van der Waals surface area contributed by atoms with Gasteiger partial charge in [0.05, 0.1) is 29.7 Å². The highest BCUT2D eigenvalue weighted by molar-refractivity contribution is 6.32. The van der Waals surface area contributed by atoms with Crippen LogP contribution in [0.4, 0.5) is 14.5 Å². The van der Waals surface area contributed by atoms with Gasteiger partial charge in [-0.05, 0) is 36.8 Å². The fourth-order valence-corrected chi connectivity index (χ4v) is 2.74. The maximum Gasteiger partial charge on any atom is 0.151 e. The van der Waals surface area contributed by atoms with Gasteiger partial charge in [-0.3, -0.25) is 5.43 Å². The Kier molecular flexibility index (Phi) is 5.54. The molecule has 0 aliphatic heterocycles. The van der Waals surface area contributed by atoms with Crippen molar-refractivity contribution in [1.82, 2.24) is 9.78 Å². The van der Waals surface area contributed by atoms with E-state index in [9.17, 15) is 8.78 Å². The molecule has 4 nitrogen and oxygen atoms in total. The molecular formula is C18H14Cl2F2N4. The first kappa shape index (κ1) is 18.4. The summed E-state index contributed by atoms with van der Waals surface area (Å²) in [6.07, 6.45) is 1.45. The van der Waals surface area contributed by atoms with Crippen LogP contribution in [0.3, 0.4) is 0 Å². The smallest absolute Gasteiger partial charge is 0.151 e. The van der Waals surface area contributed by atoms with Gasteiger partial charge in [-0.15, -0.1) is 0 Å². The summed E-state index contributed by atoms with van der Waals surface area (Å²) >= 11 is 12.3. The Morgan fingerprint density at radius 1 is 1.15 bits per heavy atom. The number of aryl methyl sites for hydroxylation is 1. The maximum absolute atomic E-state index is 13.6. The first-order valence-corrected chi connectivity index (χ1v) is 8.41. The summed E-state index contributed by atoms with van der Waals surface area (Å²) in [4.78, 5) is 0. The molecule has 0 saturated carbocycles. The van der Waals surface area contributed by atoms with Crippen LogP contribution in [0, 0.1) is 18.6 Å². The van der Waals surface area contributed by atoms with Gasteiger partial charge in [0, 0.05) is 11.1 Å². The number of aromatic nitrogens is 2. The Hall–Kier alpha value is -2.44. The molecule has 1 heterocycles. The lowest BCUT2D eigenvalue weighted by molar-refractivity contribution is 0.585. The fraction of sp³-hybridized carbons (Fsp3) is 0.111. The second kappa shape index (κ2) is 7.85. The SMILES string of the molecule is Cc1nn(Cc2ccc(Cl)cc2)c(Cl)c1/C=N\Nc1ccc(F)cc1F. The minimum Gasteiger partial charge on any atom is -0.276 e. The number of nitrogens with zero attached hydrogens (tertiary/aromatic N) is 3. The van der Waals surface area contributed by atoms with E-state index in [0.717, 1.165) is 17.7 Å². The van der Waals surface area contributed by atoms with Crippen LogP contribution in [0.2, 0.25) is 10.2 Å². The summed E-state index contributed by atoms with van der Waals surface area (Å²) in [5, 5.41) is 9.42. The fourth-order valence-electron chi connectivity index (χ4n) is 2.33. The summed E-state index contributed by atoms with van der Waals surface area (Å²) < 4.78 is 28.1. The molecule has 0 radical (unpaired) electrons. The van der Waals surface area contributed by atoms with Crippen molar-refractivity contribution in [2.45, 2.75) is 13.5 Å². The third-order valence-electron chi connectivity index (χ3n) is 3.66. The topological polar surface area (TPSA) is 42.2 Å². The Labute approximate surface area is 159 Å². The minimum absolute atomic E-state index is 0.0602. The van der Waals surface area contributed by atoms with Crippen LogP contribution in [0.1, 0.15) is 16.8 Å². The summed E-state index contributed by atoms with van der Waals surface area (Å²) in [7, 11) is 0. The normalized spacial score (nSPS) is 11.3. The Balaban J connectivity index is 1.76. The Morgan fingerprint density at radius 2 is 1.88 bits per heavy atom. The van der Waals surface area contributed by atoms with E-state index in [2.05, 4.69) is 15.6 Å². The molecule has 3 aromatic rings. The zero-order chi connectivity index (χ0) is 18.7. The number of nitrogens with one attached hydrogen (secondary N) is 1. The standard InChI is InChI=1S/C18H14Cl2F2N4/c1-11-15(9-23-24-17-7-6-14(21)8-16(17)22)18(20)26(25-11)10-12-2-4-13(19)5-3-12/h2-9,24H,10H2,1H3/b23-9-. The van der Waals surface area contributed by atoms with Crippen LogP contribution in [0.25, 0.3) is 0 Å². The Bertz CT molecular complexity index is 953. The summed E-state index contributed by atoms with van der Waals surface area (Å²) in [6, 6.07) is 10.6. The van der Waals surface area contributed by atoms with Gasteiger partial charge in [0.2, 0.25) is 0 Å². The molecule has 0 bridgehead atoms. The van der Waals surface area contributed by atoms with E-state index in [-0.39, 0.29) is 5.69 Å². The molecule has 0 aliphatic rings. The zero-order valence-electron chi connectivity index (χ0n) is 13.7. The molecule has 1 aromatic heterocycles. The van der Waals surface area contributed by atoms with Gasteiger partial charge in [-0.2, -0.15) is 10.2 Å². The molecule has 26 heavy (non-hydrogen) atoms. The van der Waals surface area contributed by atoms with Crippen molar-refractivity contribution in [2.75, 3.05) is 5.43 Å². The second-order valence-electron chi connectivity index (χ2n) is 5.57. The van der Waals surface area contributed by atoms with E-state index >= 15 is 0 Å². The van der Waals surface area contributed by atoms with Crippen LogP contribution in [-0.4, -0.2) is 16.0 Å². The van der Waals surface area contributed by atoms with Gasteiger partial charge in [0.25, 0.3) is 0 Å². The van der Waals surface area contributed by atoms with Crippen molar-refractivity contribution in [2.24, 2.45) is 5.10 Å². The lowest BCUT2D eigenvalue weighted by atomic mass is 10.2. The third kappa shape index (κ3) is 4.20. The number of hydrazone groups is 1. The molecule has 0 aliphatic carbocycles. The van der Waals surface area contributed by atoms with E-state index in [1.807, 2.05) is 12.1 Å². The predicted octanol–water partition coefficient (Wildman–Crippen LogP) is 5.27. The first-order valence-electron chi connectivity index (χ1n) is 7.65. The van der Waals surface area contributed by atoms with E-state index in [1.165, 1.54) is 12.3 Å². The predicted molar refractivity (Wildman–Crippen MR) is 100 cm³/mol. The molecule has 1 N–H and O–H groups in total. The van der Waals surface area contributed by atoms with E-state index in [0.29, 0.717) is 28.0 Å². The average Bonchev–Trinajstić information content (AvgIpc) is 2.86. The molecule has 3 rings (SSSR count). The molecular weight excluding hydrogens is 381 g/mol. The number of halogens is 4. The summed E-state index contributed by atoms with van der Waals surface area (Å²) in [5.41, 5.74) is 4.86. The lowest BCUT2D eigenvalue weighted by Gasteiger charge is -2.04. The van der Waals surface area contributed by atoms with Gasteiger partial charge < -0.3 is 0 Å². The zero-order valence-corrected chi connectivity index (χ0v) is 15.2. The second-order valence-corrected chi connectivity index (χ2v) is 6.36. The number of rotatable bonds is 5. The van der Waals surface area contributed by atoms with Gasteiger partial charge in [-0.25, -0.2) is 13.5 Å². The van der Waals surface area contributed by atoms with E-state index in [4.69, 9.17) is 23.2 Å². The van der Waals surface area contributed by atoms with Crippen LogP contribution in [0.15, 0.2) is 47.6 Å². The quantitative estimate of drug-likeness (QED) is 0.472. The number of hydrogen-bond donors (Lipinski definition) is 1. The van der Waals surface area contributed by atoms with Gasteiger partial charge in [-0.1, -0.05) is 35.3 Å². The van der Waals surface area contributed by atoms with Crippen molar-refractivity contribution in [3.63, 3.8) is 0 Å². The molecule has 0 fully saturated rings. The van der Waals surface area contributed by atoms with Gasteiger partial charge >= 0.3 is 0 Å². The molecule has 134 valence electrons. The largest absolute Gasteiger partial charge is 0.276 e. The number of hydrogen-bond acceptors (Lipinski definition) is 3. The molecule has 0 amide bonds. The monoisotopic (exact) mass is 394 g/mol.